The number of ketones is 1. The lowest BCUT2D eigenvalue weighted by atomic mass is 10.1. The van der Waals surface area contributed by atoms with E-state index in [2.05, 4.69) is 53.0 Å². The highest BCUT2D eigenvalue weighted by Gasteiger charge is 2.41. The summed E-state index contributed by atoms with van der Waals surface area (Å²) >= 11 is 0. The predicted molar refractivity (Wildman–Crippen MR) is 81.2 cm³/mol. The van der Waals surface area contributed by atoms with Crippen molar-refractivity contribution in [3.8, 4) is 11.5 Å². The van der Waals surface area contributed by atoms with Crippen molar-refractivity contribution in [2.45, 2.75) is 77.4 Å². The van der Waals surface area contributed by atoms with Gasteiger partial charge >= 0.3 is 0 Å². The first-order valence-corrected chi connectivity index (χ1v) is 9.58. The molecule has 0 amide bonds. The zero-order valence-corrected chi connectivity index (χ0v) is 13.8. The highest BCUT2D eigenvalue weighted by atomic mass is 28.3. The van der Waals surface area contributed by atoms with Crippen molar-refractivity contribution in [2.24, 2.45) is 5.92 Å². The summed E-state index contributed by atoms with van der Waals surface area (Å²) in [5.41, 5.74) is 5.78. The molecule has 0 aromatic heterocycles. The lowest BCUT2D eigenvalue weighted by molar-refractivity contribution is -0.117. The molecule has 1 aliphatic rings. The van der Waals surface area contributed by atoms with Gasteiger partial charge in [0, 0.05) is 18.8 Å². The molecule has 2 heteroatoms. The van der Waals surface area contributed by atoms with Gasteiger partial charge in [-0.3, -0.25) is 4.79 Å². The summed E-state index contributed by atoms with van der Waals surface area (Å²) in [7, 11) is -1.59. The molecular weight excluding hydrogens is 236 g/mol. The lowest BCUT2D eigenvalue weighted by Gasteiger charge is -2.38. The van der Waals surface area contributed by atoms with Crippen LogP contribution in [0.2, 0.25) is 16.6 Å². The minimum Gasteiger partial charge on any atom is -0.300 e. The second-order valence-corrected chi connectivity index (χ2v) is 12.2. The third-order valence-corrected chi connectivity index (χ3v) is 10.9. The maximum atomic E-state index is 11.3. The van der Waals surface area contributed by atoms with Crippen LogP contribution >= 0.6 is 0 Å². The molecule has 0 aromatic rings. The van der Waals surface area contributed by atoms with Crippen LogP contribution in [0.15, 0.2) is 0 Å². The SMILES string of the molecule is CC(C)[Si](C#C[C@@H]1CCC(=O)C1)(C(C)C)C(C)C. The number of carbonyl (C=O) groups is 1. The van der Waals surface area contributed by atoms with Crippen LogP contribution in [0.25, 0.3) is 0 Å². The first kappa shape index (κ1) is 15.5. The molecule has 0 bridgehead atoms. The maximum Gasteiger partial charge on any atom is 0.145 e. The molecule has 1 atom stereocenters. The summed E-state index contributed by atoms with van der Waals surface area (Å²) in [5, 5.41) is 0. The monoisotopic (exact) mass is 264 g/mol. The Morgan fingerprint density at radius 1 is 1.06 bits per heavy atom. The Hall–Kier alpha value is -0.553. The van der Waals surface area contributed by atoms with Crippen molar-refractivity contribution in [3.05, 3.63) is 0 Å². The van der Waals surface area contributed by atoms with Crippen molar-refractivity contribution in [1.29, 1.82) is 0 Å². The van der Waals surface area contributed by atoms with Gasteiger partial charge in [-0.2, -0.15) is 0 Å². The van der Waals surface area contributed by atoms with E-state index < -0.39 is 8.07 Å². The summed E-state index contributed by atoms with van der Waals surface area (Å²) in [6.07, 6.45) is 2.44. The van der Waals surface area contributed by atoms with Crippen molar-refractivity contribution in [2.75, 3.05) is 0 Å². The molecule has 0 aliphatic heterocycles. The van der Waals surface area contributed by atoms with Gasteiger partial charge in [0.15, 0.2) is 0 Å². The zero-order chi connectivity index (χ0) is 13.9. The van der Waals surface area contributed by atoms with E-state index in [1.165, 1.54) is 0 Å². The van der Waals surface area contributed by atoms with E-state index in [1.54, 1.807) is 0 Å². The molecule has 0 saturated heterocycles. The highest BCUT2D eigenvalue weighted by molar-refractivity contribution is 6.90. The predicted octanol–water partition coefficient (Wildman–Crippen LogP) is 4.58. The fraction of sp³-hybridized carbons (Fsp3) is 0.812. The molecule has 1 saturated carbocycles. The average Bonchev–Trinajstić information content (AvgIpc) is 2.63. The molecule has 1 fully saturated rings. The summed E-state index contributed by atoms with van der Waals surface area (Å²) in [4.78, 5) is 11.3. The Labute approximate surface area is 114 Å². The molecule has 0 heterocycles. The molecule has 0 unspecified atom stereocenters. The normalized spacial score (nSPS) is 20.7. The van der Waals surface area contributed by atoms with E-state index >= 15 is 0 Å². The van der Waals surface area contributed by atoms with Gasteiger partial charge in [0.25, 0.3) is 0 Å². The first-order chi connectivity index (χ1) is 8.30. The number of hydrogen-bond donors (Lipinski definition) is 0. The van der Waals surface area contributed by atoms with Gasteiger partial charge in [0.05, 0.1) is 0 Å². The fourth-order valence-electron chi connectivity index (χ4n) is 3.60. The quantitative estimate of drug-likeness (QED) is 0.539. The molecule has 1 aliphatic carbocycles. The zero-order valence-electron chi connectivity index (χ0n) is 12.8. The lowest BCUT2D eigenvalue weighted by Crippen LogP contribution is -2.43. The Morgan fingerprint density at radius 3 is 1.89 bits per heavy atom. The third-order valence-electron chi connectivity index (χ3n) is 4.60. The topological polar surface area (TPSA) is 17.1 Å². The van der Waals surface area contributed by atoms with Crippen LogP contribution in [0.4, 0.5) is 0 Å². The fourth-order valence-corrected chi connectivity index (χ4v) is 8.92. The molecule has 0 spiro atoms. The van der Waals surface area contributed by atoms with Crippen LogP contribution in [0.1, 0.15) is 60.8 Å². The van der Waals surface area contributed by atoms with E-state index in [9.17, 15) is 4.79 Å². The molecule has 0 radical (unpaired) electrons. The molecule has 0 N–H and O–H groups in total. The largest absolute Gasteiger partial charge is 0.300 e. The van der Waals surface area contributed by atoms with Crippen molar-refractivity contribution in [1.82, 2.24) is 0 Å². The molecular formula is C16H28OSi. The van der Waals surface area contributed by atoms with Crippen molar-refractivity contribution < 1.29 is 4.79 Å². The van der Waals surface area contributed by atoms with Gasteiger partial charge in [-0.15, -0.1) is 11.5 Å². The number of Topliss-reactive ketones (excluding diaryl/α,β-unsaturated/α-hetero) is 1. The minimum atomic E-state index is -1.59. The van der Waals surface area contributed by atoms with Crippen LogP contribution in [0, 0.1) is 17.4 Å². The van der Waals surface area contributed by atoms with Gasteiger partial charge in [0.2, 0.25) is 0 Å². The Morgan fingerprint density at radius 2 is 1.56 bits per heavy atom. The van der Waals surface area contributed by atoms with E-state index in [1.807, 2.05) is 0 Å². The second kappa shape index (κ2) is 6.06. The first-order valence-electron chi connectivity index (χ1n) is 7.35. The van der Waals surface area contributed by atoms with E-state index in [0.717, 1.165) is 12.8 Å². The molecule has 1 rings (SSSR count). The van der Waals surface area contributed by atoms with Gasteiger partial charge < -0.3 is 0 Å². The van der Waals surface area contributed by atoms with Gasteiger partial charge in [0.1, 0.15) is 13.9 Å². The summed E-state index contributed by atoms with van der Waals surface area (Å²) in [5.74, 6) is 4.24. The maximum absolute atomic E-state index is 11.3. The van der Waals surface area contributed by atoms with Crippen LogP contribution in [0.5, 0.6) is 0 Å². The van der Waals surface area contributed by atoms with Crippen molar-refractivity contribution in [3.63, 3.8) is 0 Å². The summed E-state index contributed by atoms with van der Waals surface area (Å²) in [6.45, 7) is 14.0. The summed E-state index contributed by atoms with van der Waals surface area (Å²) in [6, 6.07) is 0. The molecule has 18 heavy (non-hydrogen) atoms. The Balaban J connectivity index is 2.98. The smallest absolute Gasteiger partial charge is 0.145 e. The second-order valence-electron chi connectivity index (χ2n) is 6.64. The van der Waals surface area contributed by atoms with Gasteiger partial charge in [-0.1, -0.05) is 41.5 Å². The molecule has 102 valence electrons. The van der Waals surface area contributed by atoms with Gasteiger partial charge in [-0.25, -0.2) is 0 Å². The number of rotatable bonds is 3. The number of carbonyl (C=O) groups excluding carboxylic acids is 1. The van der Waals surface area contributed by atoms with Crippen molar-refractivity contribution >= 4 is 13.9 Å². The van der Waals surface area contributed by atoms with E-state index in [4.69, 9.17) is 0 Å². The van der Waals surface area contributed by atoms with Crippen LogP contribution in [-0.4, -0.2) is 13.9 Å². The van der Waals surface area contributed by atoms with Crippen LogP contribution in [0.3, 0.4) is 0 Å². The van der Waals surface area contributed by atoms with Crippen LogP contribution < -0.4 is 0 Å². The van der Waals surface area contributed by atoms with E-state index in [-0.39, 0.29) is 0 Å². The Kier molecular flexibility index (Phi) is 5.22. The summed E-state index contributed by atoms with van der Waals surface area (Å²) < 4.78 is 0. The molecule has 0 aromatic carbocycles. The van der Waals surface area contributed by atoms with Gasteiger partial charge in [-0.05, 0) is 23.0 Å². The third kappa shape index (κ3) is 3.06. The highest BCUT2D eigenvalue weighted by Crippen LogP contribution is 2.41. The standard InChI is InChI=1S/C16H28OSi/c1-12(2)18(13(3)4,14(5)6)10-9-15-7-8-16(17)11-15/h12-15H,7-8,11H2,1-6H3/t15-/m0/s1. The Bertz CT molecular complexity index is 335. The minimum absolute atomic E-state index is 0.348. The van der Waals surface area contributed by atoms with E-state index in [0.29, 0.717) is 34.7 Å². The number of hydrogen-bond acceptors (Lipinski definition) is 1. The van der Waals surface area contributed by atoms with Crippen LogP contribution in [-0.2, 0) is 4.79 Å². The molecule has 1 nitrogen and oxygen atoms in total. The average molecular weight is 264 g/mol.